The van der Waals surface area contributed by atoms with E-state index in [1.54, 1.807) is 6.08 Å². The number of carbonyl (C=O) groups is 1. The van der Waals surface area contributed by atoms with Crippen molar-refractivity contribution in [2.24, 2.45) is 5.73 Å². The normalized spacial score (nSPS) is 13.7. The van der Waals surface area contributed by atoms with Crippen LogP contribution in [-0.4, -0.2) is 43.0 Å². The first kappa shape index (κ1) is 14.1. The maximum atomic E-state index is 11.5. The molecular weight excluding hydrogens is 190 g/mol. The van der Waals surface area contributed by atoms with Crippen molar-refractivity contribution in [2.45, 2.75) is 31.8 Å². The zero-order valence-electron chi connectivity index (χ0n) is 10.2. The summed E-state index contributed by atoms with van der Waals surface area (Å²) in [6.45, 7) is 8.26. The quantitative estimate of drug-likeness (QED) is 0.626. The van der Waals surface area contributed by atoms with Gasteiger partial charge in [-0.15, -0.1) is 6.58 Å². The van der Waals surface area contributed by atoms with Crippen LogP contribution < -0.4 is 11.1 Å². The van der Waals surface area contributed by atoms with Gasteiger partial charge in [0, 0.05) is 12.1 Å². The lowest BCUT2D eigenvalue weighted by atomic mass is 10.0. The van der Waals surface area contributed by atoms with E-state index in [2.05, 4.69) is 30.6 Å². The molecule has 0 saturated carbocycles. The second-order valence-corrected chi connectivity index (χ2v) is 4.56. The van der Waals surface area contributed by atoms with E-state index in [-0.39, 0.29) is 11.4 Å². The minimum absolute atomic E-state index is 0.0659. The van der Waals surface area contributed by atoms with Crippen molar-refractivity contribution in [3.05, 3.63) is 12.7 Å². The molecule has 0 bridgehead atoms. The molecule has 88 valence electrons. The van der Waals surface area contributed by atoms with Gasteiger partial charge < -0.3 is 16.0 Å². The van der Waals surface area contributed by atoms with Crippen LogP contribution in [0.2, 0.25) is 0 Å². The van der Waals surface area contributed by atoms with E-state index in [0.717, 1.165) is 0 Å². The number of amides is 1. The third-order valence-electron chi connectivity index (χ3n) is 2.66. The summed E-state index contributed by atoms with van der Waals surface area (Å²) in [4.78, 5) is 13.6. The van der Waals surface area contributed by atoms with E-state index in [1.807, 2.05) is 14.1 Å². The van der Waals surface area contributed by atoms with Crippen molar-refractivity contribution in [3.8, 4) is 0 Å². The van der Waals surface area contributed by atoms with Gasteiger partial charge in [0.25, 0.3) is 0 Å². The predicted octanol–water partition coefficient (Wildman–Crippen LogP) is 0.346. The summed E-state index contributed by atoms with van der Waals surface area (Å²) < 4.78 is 0. The summed E-state index contributed by atoms with van der Waals surface area (Å²) in [5.41, 5.74) is 5.57. The molecule has 0 aliphatic rings. The lowest BCUT2D eigenvalue weighted by Gasteiger charge is -2.32. The molecule has 0 aromatic heterocycles. The number of likely N-dealkylation sites (N-methyl/N-ethyl adjacent to an activating group) is 1. The third kappa shape index (κ3) is 4.95. The molecule has 1 atom stereocenters. The molecular formula is C11H23N3O. The van der Waals surface area contributed by atoms with Crippen LogP contribution in [-0.2, 0) is 4.79 Å². The maximum Gasteiger partial charge on any atom is 0.237 e. The number of nitrogens with one attached hydrogen (secondary N) is 1. The first-order chi connectivity index (χ1) is 6.81. The minimum atomic E-state index is -0.486. The minimum Gasteiger partial charge on any atom is -0.353 e. The van der Waals surface area contributed by atoms with Gasteiger partial charge in [-0.1, -0.05) is 6.08 Å². The molecule has 0 aliphatic carbocycles. The lowest BCUT2D eigenvalue weighted by Crippen LogP contribution is -2.51. The molecule has 0 heterocycles. The zero-order chi connectivity index (χ0) is 12.1. The summed E-state index contributed by atoms with van der Waals surface area (Å²) in [7, 11) is 3.96. The second-order valence-electron chi connectivity index (χ2n) is 4.56. The molecule has 0 saturated heterocycles. The largest absolute Gasteiger partial charge is 0.353 e. The second kappa shape index (κ2) is 5.88. The van der Waals surface area contributed by atoms with Gasteiger partial charge in [-0.3, -0.25) is 4.79 Å². The Hall–Kier alpha value is -0.870. The Morgan fingerprint density at radius 3 is 2.53 bits per heavy atom. The van der Waals surface area contributed by atoms with Crippen LogP contribution in [0.15, 0.2) is 12.7 Å². The zero-order valence-corrected chi connectivity index (χ0v) is 10.2. The Morgan fingerprint density at radius 1 is 1.60 bits per heavy atom. The van der Waals surface area contributed by atoms with Gasteiger partial charge in [0.05, 0.1) is 6.04 Å². The average molecular weight is 213 g/mol. The first-order valence-corrected chi connectivity index (χ1v) is 5.13. The number of rotatable bonds is 6. The lowest BCUT2D eigenvalue weighted by molar-refractivity contribution is -0.122. The van der Waals surface area contributed by atoms with Crippen molar-refractivity contribution < 1.29 is 4.79 Å². The first-order valence-electron chi connectivity index (χ1n) is 5.13. The Morgan fingerprint density at radius 2 is 2.13 bits per heavy atom. The number of carbonyl (C=O) groups excluding carboxylic acids is 1. The molecule has 1 amide bonds. The summed E-state index contributed by atoms with van der Waals surface area (Å²) in [5.74, 6) is -0.121. The number of nitrogens with two attached hydrogens (primary N) is 1. The van der Waals surface area contributed by atoms with Crippen molar-refractivity contribution in [1.82, 2.24) is 10.2 Å². The van der Waals surface area contributed by atoms with E-state index < -0.39 is 6.04 Å². The summed E-state index contributed by atoms with van der Waals surface area (Å²) >= 11 is 0. The van der Waals surface area contributed by atoms with E-state index in [9.17, 15) is 4.79 Å². The van der Waals surface area contributed by atoms with Crippen molar-refractivity contribution in [2.75, 3.05) is 20.6 Å². The van der Waals surface area contributed by atoms with Gasteiger partial charge in [-0.05, 0) is 34.4 Å². The standard InChI is InChI=1S/C11H23N3O/c1-6-7-9(12)10(15)13-8-11(2,3)14(4)5/h6,9H,1,7-8,12H2,2-5H3,(H,13,15). The van der Waals surface area contributed by atoms with Crippen LogP contribution in [0.4, 0.5) is 0 Å². The predicted molar refractivity (Wildman–Crippen MR) is 63.6 cm³/mol. The van der Waals surface area contributed by atoms with Crippen LogP contribution in [0.5, 0.6) is 0 Å². The van der Waals surface area contributed by atoms with Crippen molar-refractivity contribution >= 4 is 5.91 Å². The van der Waals surface area contributed by atoms with E-state index >= 15 is 0 Å². The van der Waals surface area contributed by atoms with Gasteiger partial charge in [-0.2, -0.15) is 0 Å². The Bertz CT molecular complexity index is 224. The molecule has 0 rings (SSSR count). The highest BCUT2D eigenvalue weighted by Crippen LogP contribution is 2.07. The molecule has 0 aromatic rings. The topological polar surface area (TPSA) is 58.4 Å². The Kier molecular flexibility index (Phi) is 5.54. The number of hydrogen-bond donors (Lipinski definition) is 2. The van der Waals surface area contributed by atoms with Gasteiger partial charge in [0.1, 0.15) is 0 Å². The van der Waals surface area contributed by atoms with Gasteiger partial charge >= 0.3 is 0 Å². The van der Waals surface area contributed by atoms with E-state index in [0.29, 0.717) is 13.0 Å². The Labute approximate surface area is 92.5 Å². The van der Waals surface area contributed by atoms with Crippen LogP contribution in [0, 0.1) is 0 Å². The SMILES string of the molecule is C=CCC(N)C(=O)NCC(C)(C)N(C)C. The van der Waals surface area contributed by atoms with E-state index in [1.165, 1.54) is 0 Å². The molecule has 0 aliphatic heterocycles. The molecule has 3 N–H and O–H groups in total. The highest BCUT2D eigenvalue weighted by Gasteiger charge is 2.22. The summed E-state index contributed by atoms with van der Waals surface area (Å²) in [5, 5.41) is 2.84. The molecule has 0 radical (unpaired) electrons. The molecule has 4 nitrogen and oxygen atoms in total. The fourth-order valence-corrected chi connectivity index (χ4v) is 0.879. The summed E-state index contributed by atoms with van der Waals surface area (Å²) in [6.07, 6.45) is 2.16. The molecule has 0 fully saturated rings. The van der Waals surface area contributed by atoms with Gasteiger partial charge in [0.15, 0.2) is 0 Å². The highest BCUT2D eigenvalue weighted by molar-refractivity contribution is 5.81. The smallest absolute Gasteiger partial charge is 0.237 e. The number of nitrogens with zero attached hydrogens (tertiary/aromatic N) is 1. The van der Waals surface area contributed by atoms with Crippen molar-refractivity contribution in [3.63, 3.8) is 0 Å². The highest BCUT2D eigenvalue weighted by atomic mass is 16.2. The monoisotopic (exact) mass is 213 g/mol. The van der Waals surface area contributed by atoms with Crippen LogP contribution in [0.3, 0.4) is 0 Å². The van der Waals surface area contributed by atoms with Crippen LogP contribution in [0.1, 0.15) is 20.3 Å². The molecule has 0 aromatic carbocycles. The number of hydrogen-bond acceptors (Lipinski definition) is 3. The van der Waals surface area contributed by atoms with Crippen LogP contribution >= 0.6 is 0 Å². The summed E-state index contributed by atoms with van der Waals surface area (Å²) in [6, 6.07) is -0.486. The average Bonchev–Trinajstić information content (AvgIpc) is 2.14. The molecule has 1 unspecified atom stereocenters. The van der Waals surface area contributed by atoms with Gasteiger partial charge in [0.2, 0.25) is 5.91 Å². The van der Waals surface area contributed by atoms with Gasteiger partial charge in [-0.25, -0.2) is 0 Å². The third-order valence-corrected chi connectivity index (χ3v) is 2.66. The van der Waals surface area contributed by atoms with Crippen molar-refractivity contribution in [1.29, 1.82) is 0 Å². The molecule has 15 heavy (non-hydrogen) atoms. The molecule has 0 spiro atoms. The Balaban J connectivity index is 4.05. The maximum absolute atomic E-state index is 11.5. The fourth-order valence-electron chi connectivity index (χ4n) is 0.879. The molecule has 4 heteroatoms. The van der Waals surface area contributed by atoms with E-state index in [4.69, 9.17) is 5.73 Å². The van der Waals surface area contributed by atoms with Crippen LogP contribution in [0.25, 0.3) is 0 Å². The fraction of sp³-hybridized carbons (Fsp3) is 0.727.